The van der Waals surface area contributed by atoms with E-state index in [1.165, 1.54) is 6.42 Å². The molecule has 0 saturated carbocycles. The number of likely N-dealkylation sites (N-methyl/N-ethyl adjacent to an activating group) is 1. The van der Waals surface area contributed by atoms with Gasteiger partial charge in [0.2, 0.25) is 12.0 Å². The quantitative estimate of drug-likeness (QED) is 0.375. The van der Waals surface area contributed by atoms with Crippen LogP contribution in [-0.4, -0.2) is 65.2 Å². The zero-order valence-electron chi connectivity index (χ0n) is 21.1. The van der Waals surface area contributed by atoms with E-state index in [4.69, 9.17) is 19.2 Å². The van der Waals surface area contributed by atoms with Crippen molar-refractivity contribution in [2.24, 2.45) is 7.05 Å². The Labute approximate surface area is 215 Å². The monoisotopic (exact) mass is 501 g/mol. The summed E-state index contributed by atoms with van der Waals surface area (Å²) < 4.78 is 20.3. The number of rotatable bonds is 8. The minimum Gasteiger partial charge on any atom is -0.496 e. The summed E-state index contributed by atoms with van der Waals surface area (Å²) >= 11 is 0. The number of amides is 1. The summed E-state index contributed by atoms with van der Waals surface area (Å²) in [4.78, 5) is 22.8. The average Bonchev–Trinajstić information content (AvgIpc) is 3.63. The van der Waals surface area contributed by atoms with Gasteiger partial charge in [-0.15, -0.1) is 0 Å². The molecule has 2 atom stereocenters. The molecule has 1 amide bonds. The fraction of sp³-hybridized carbons (Fsp3) is 0.393. The summed E-state index contributed by atoms with van der Waals surface area (Å²) in [6.07, 6.45) is 14.9. The highest BCUT2D eigenvalue weighted by Crippen LogP contribution is 2.43. The standard InChI is InChI=1S/C28H31N5O4/c1-32-9-3-4-20(32)16-36-26-13-24(31-27-21(26)6-10-37-28(27)7-11-35-17-28)23-15-33(2)25-14-30-19(12-22(23)25)5-8-29-18-34/h6-7,10-15,18,20H,3-5,8-9,16-17H2,1-2H3,(H,29,34)/t20-,28?/m0/s1. The van der Waals surface area contributed by atoms with Crippen molar-refractivity contribution in [3.05, 3.63) is 60.1 Å². The third-order valence-corrected chi connectivity index (χ3v) is 7.59. The van der Waals surface area contributed by atoms with Crippen molar-refractivity contribution in [2.45, 2.75) is 30.9 Å². The van der Waals surface area contributed by atoms with Gasteiger partial charge in [0.05, 0.1) is 29.9 Å². The molecule has 6 rings (SSSR count). The highest BCUT2D eigenvalue weighted by atomic mass is 16.5. The van der Waals surface area contributed by atoms with Gasteiger partial charge in [0, 0.05) is 66.6 Å². The number of pyridine rings is 2. The molecule has 1 spiro atoms. The summed E-state index contributed by atoms with van der Waals surface area (Å²) in [5.41, 5.74) is 4.64. The van der Waals surface area contributed by atoms with Crippen LogP contribution in [0.4, 0.5) is 0 Å². The smallest absolute Gasteiger partial charge is 0.207 e. The van der Waals surface area contributed by atoms with E-state index in [-0.39, 0.29) is 0 Å². The number of fused-ring (bicyclic) bond motifs is 3. The number of nitrogens with one attached hydrogen (secondary N) is 1. The van der Waals surface area contributed by atoms with Crippen LogP contribution < -0.4 is 10.1 Å². The molecule has 9 nitrogen and oxygen atoms in total. The fourth-order valence-electron chi connectivity index (χ4n) is 5.45. The zero-order chi connectivity index (χ0) is 25.4. The predicted octanol–water partition coefficient (Wildman–Crippen LogP) is 3.14. The van der Waals surface area contributed by atoms with Crippen LogP contribution in [0.15, 0.2) is 43.1 Å². The van der Waals surface area contributed by atoms with Crippen molar-refractivity contribution in [2.75, 3.05) is 33.4 Å². The lowest BCUT2D eigenvalue weighted by Crippen LogP contribution is -2.33. The number of likely N-dealkylation sites (tertiary alicyclic amines) is 1. The van der Waals surface area contributed by atoms with E-state index in [0.717, 1.165) is 57.8 Å². The van der Waals surface area contributed by atoms with Crippen molar-refractivity contribution in [1.29, 1.82) is 0 Å². The van der Waals surface area contributed by atoms with Gasteiger partial charge in [0.1, 0.15) is 24.7 Å². The van der Waals surface area contributed by atoms with Gasteiger partial charge in [-0.2, -0.15) is 0 Å². The number of aromatic nitrogens is 3. The lowest BCUT2D eigenvalue weighted by Gasteiger charge is -2.31. The van der Waals surface area contributed by atoms with E-state index in [1.54, 1.807) is 12.5 Å². The number of carbonyl (C=O) groups is 1. The number of hydrogen-bond donors (Lipinski definition) is 1. The molecule has 37 heavy (non-hydrogen) atoms. The molecule has 3 aromatic rings. The van der Waals surface area contributed by atoms with Gasteiger partial charge in [-0.05, 0) is 38.6 Å². The Morgan fingerprint density at radius 2 is 2.22 bits per heavy atom. The van der Waals surface area contributed by atoms with Crippen LogP contribution in [0.2, 0.25) is 0 Å². The van der Waals surface area contributed by atoms with Crippen molar-refractivity contribution in [1.82, 2.24) is 24.8 Å². The molecular formula is C28H31N5O4. The third kappa shape index (κ3) is 4.23. The Hall–Kier alpha value is -3.85. The van der Waals surface area contributed by atoms with Gasteiger partial charge in [-0.25, -0.2) is 4.98 Å². The molecule has 3 aromatic heterocycles. The first-order valence-electron chi connectivity index (χ1n) is 12.7. The molecule has 1 saturated heterocycles. The molecule has 192 valence electrons. The molecule has 0 radical (unpaired) electrons. The van der Waals surface area contributed by atoms with Crippen molar-refractivity contribution in [3.63, 3.8) is 0 Å². The second-order valence-corrected chi connectivity index (χ2v) is 9.95. The number of nitrogens with zero attached hydrogens (tertiary/aromatic N) is 4. The maximum atomic E-state index is 10.7. The van der Waals surface area contributed by atoms with E-state index in [2.05, 4.69) is 39.1 Å². The summed E-state index contributed by atoms with van der Waals surface area (Å²) in [5.74, 6) is 0.793. The van der Waals surface area contributed by atoms with Crippen LogP contribution in [0, 0.1) is 0 Å². The number of ether oxygens (including phenoxy) is 3. The second-order valence-electron chi connectivity index (χ2n) is 9.95. The van der Waals surface area contributed by atoms with E-state index in [1.807, 2.05) is 31.5 Å². The molecule has 0 aliphatic carbocycles. The van der Waals surface area contributed by atoms with Crippen LogP contribution in [0.5, 0.6) is 5.75 Å². The zero-order valence-corrected chi connectivity index (χ0v) is 21.1. The Kier molecular flexibility index (Phi) is 6.08. The lowest BCUT2D eigenvalue weighted by atomic mass is 9.93. The lowest BCUT2D eigenvalue weighted by molar-refractivity contribution is -0.109. The minimum absolute atomic E-state index is 0.360. The van der Waals surface area contributed by atoms with Crippen LogP contribution in [0.25, 0.3) is 28.2 Å². The molecule has 3 aliphatic heterocycles. The predicted molar refractivity (Wildman–Crippen MR) is 140 cm³/mol. The highest BCUT2D eigenvalue weighted by Gasteiger charge is 2.42. The largest absolute Gasteiger partial charge is 0.496 e. The van der Waals surface area contributed by atoms with Crippen molar-refractivity contribution < 1.29 is 19.0 Å². The Bertz CT molecular complexity index is 1400. The Morgan fingerprint density at radius 1 is 1.30 bits per heavy atom. The van der Waals surface area contributed by atoms with Gasteiger partial charge in [-0.3, -0.25) is 9.78 Å². The molecular weight excluding hydrogens is 470 g/mol. The maximum Gasteiger partial charge on any atom is 0.207 e. The van der Waals surface area contributed by atoms with Crippen LogP contribution in [0.3, 0.4) is 0 Å². The third-order valence-electron chi connectivity index (χ3n) is 7.59. The molecule has 0 aromatic carbocycles. The van der Waals surface area contributed by atoms with Crippen LogP contribution in [0.1, 0.15) is 29.8 Å². The summed E-state index contributed by atoms with van der Waals surface area (Å²) in [6.45, 7) is 2.61. The molecule has 0 bridgehead atoms. The number of carbonyl (C=O) groups excluding carboxylic acids is 1. The van der Waals surface area contributed by atoms with Crippen molar-refractivity contribution in [3.8, 4) is 17.0 Å². The topological polar surface area (TPSA) is 90.7 Å². The SMILES string of the molecule is CN1CCC[C@H]1COc1cc(-c2cn(C)c3cnc(CCNC=O)cc23)nc2c1C=COC21C=COC1. The van der Waals surface area contributed by atoms with Crippen LogP contribution in [-0.2, 0) is 33.3 Å². The first kappa shape index (κ1) is 23.5. The number of aryl methyl sites for hydroxylation is 1. The van der Waals surface area contributed by atoms with E-state index in [9.17, 15) is 4.79 Å². The normalized spacial score (nSPS) is 22.3. The van der Waals surface area contributed by atoms with E-state index in [0.29, 0.717) is 38.6 Å². The molecule has 1 fully saturated rings. The van der Waals surface area contributed by atoms with E-state index < -0.39 is 5.60 Å². The first-order valence-corrected chi connectivity index (χ1v) is 12.7. The maximum absolute atomic E-state index is 10.7. The molecule has 3 aliphatic rings. The second kappa shape index (κ2) is 9.55. The summed E-state index contributed by atoms with van der Waals surface area (Å²) in [5, 5.41) is 3.76. The number of hydrogen-bond acceptors (Lipinski definition) is 7. The van der Waals surface area contributed by atoms with Crippen LogP contribution >= 0.6 is 0 Å². The van der Waals surface area contributed by atoms with Crippen molar-refractivity contribution >= 4 is 23.4 Å². The fourth-order valence-corrected chi connectivity index (χ4v) is 5.45. The van der Waals surface area contributed by atoms with Gasteiger partial charge in [0.25, 0.3) is 0 Å². The molecule has 1 N–H and O–H groups in total. The van der Waals surface area contributed by atoms with E-state index >= 15 is 0 Å². The minimum atomic E-state index is -0.778. The van der Waals surface area contributed by atoms with Gasteiger partial charge in [0.15, 0.2) is 0 Å². The highest BCUT2D eigenvalue weighted by molar-refractivity contribution is 5.95. The van der Waals surface area contributed by atoms with Gasteiger partial charge in [-0.1, -0.05) is 0 Å². The Balaban J connectivity index is 1.45. The van der Waals surface area contributed by atoms with Gasteiger partial charge >= 0.3 is 0 Å². The summed E-state index contributed by atoms with van der Waals surface area (Å²) in [7, 11) is 4.16. The Morgan fingerprint density at radius 3 is 3.00 bits per heavy atom. The first-order chi connectivity index (χ1) is 18.1. The molecule has 9 heteroatoms. The summed E-state index contributed by atoms with van der Waals surface area (Å²) in [6, 6.07) is 4.52. The molecule has 6 heterocycles. The van der Waals surface area contributed by atoms with Gasteiger partial charge < -0.3 is 29.0 Å². The molecule has 1 unspecified atom stereocenters. The average molecular weight is 502 g/mol.